The van der Waals surface area contributed by atoms with E-state index in [0.29, 0.717) is 12.8 Å². The van der Waals surface area contributed by atoms with Crippen LogP contribution in [0.1, 0.15) is 23.5 Å². The Bertz CT molecular complexity index is 445. The van der Waals surface area contributed by atoms with Crippen LogP contribution in [0.3, 0.4) is 0 Å². The zero-order valence-corrected chi connectivity index (χ0v) is 11.0. The summed E-state index contributed by atoms with van der Waals surface area (Å²) in [5.41, 5.74) is 1.81. The maximum atomic E-state index is 11.1. The molecule has 0 saturated heterocycles. The van der Waals surface area contributed by atoms with Gasteiger partial charge in [-0.15, -0.1) is 0 Å². The lowest BCUT2D eigenvalue weighted by Gasteiger charge is -2.32. The molecule has 1 aromatic rings. The molecule has 0 saturated carbocycles. The number of hydrogen-bond acceptors (Lipinski definition) is 2. The molecule has 0 N–H and O–H groups in total. The van der Waals surface area contributed by atoms with Crippen molar-refractivity contribution < 1.29 is 4.92 Å². The Morgan fingerprint density at radius 2 is 1.94 bits per heavy atom. The number of aryl methyl sites for hydroxylation is 1. The van der Waals surface area contributed by atoms with Gasteiger partial charge in [0.2, 0.25) is 9.83 Å². The summed E-state index contributed by atoms with van der Waals surface area (Å²) in [5.74, 6) is -0.688. The van der Waals surface area contributed by atoms with Crippen LogP contribution in [-0.4, -0.2) is 14.8 Å². The molecule has 2 rings (SSSR count). The van der Waals surface area contributed by atoms with Crippen LogP contribution in [0.4, 0.5) is 0 Å². The van der Waals surface area contributed by atoms with Gasteiger partial charge in [-0.25, -0.2) is 0 Å². The molecule has 1 aliphatic rings. The van der Waals surface area contributed by atoms with Crippen molar-refractivity contribution in [1.29, 1.82) is 0 Å². The Balaban J connectivity index is 2.50. The number of nitro groups is 1. The van der Waals surface area contributed by atoms with Crippen molar-refractivity contribution >= 4 is 34.8 Å². The summed E-state index contributed by atoms with van der Waals surface area (Å²) < 4.78 is -1.66. The second-order valence-electron chi connectivity index (χ2n) is 4.11. The van der Waals surface area contributed by atoms with Crippen molar-refractivity contribution in [2.24, 2.45) is 0 Å². The van der Waals surface area contributed by atoms with E-state index in [1.54, 1.807) is 6.07 Å². The SMILES string of the molecule is O=[N+]([O-])C1CCc2ccccc2C1C(Cl)(Cl)Cl. The van der Waals surface area contributed by atoms with E-state index in [-0.39, 0.29) is 4.92 Å². The Kier molecular flexibility index (Phi) is 3.53. The van der Waals surface area contributed by atoms with Gasteiger partial charge in [0.05, 0.1) is 5.92 Å². The van der Waals surface area contributed by atoms with E-state index >= 15 is 0 Å². The molecule has 17 heavy (non-hydrogen) atoms. The molecule has 0 bridgehead atoms. The zero-order valence-electron chi connectivity index (χ0n) is 8.78. The van der Waals surface area contributed by atoms with E-state index in [0.717, 1.165) is 11.1 Å². The highest BCUT2D eigenvalue weighted by molar-refractivity contribution is 6.68. The lowest BCUT2D eigenvalue weighted by atomic mass is 9.80. The summed E-state index contributed by atoms with van der Waals surface area (Å²) in [7, 11) is 0. The molecule has 0 aromatic heterocycles. The molecule has 0 heterocycles. The van der Waals surface area contributed by atoms with Gasteiger partial charge in [0.1, 0.15) is 0 Å². The molecule has 0 radical (unpaired) electrons. The summed E-state index contributed by atoms with van der Waals surface area (Å²) in [4.78, 5) is 10.7. The van der Waals surface area contributed by atoms with Crippen molar-refractivity contribution in [2.45, 2.75) is 28.6 Å². The van der Waals surface area contributed by atoms with Crippen LogP contribution in [0.2, 0.25) is 0 Å². The van der Waals surface area contributed by atoms with Crippen LogP contribution < -0.4 is 0 Å². The van der Waals surface area contributed by atoms with Gasteiger partial charge in [-0.3, -0.25) is 10.1 Å². The van der Waals surface area contributed by atoms with Gasteiger partial charge in [0.25, 0.3) is 0 Å². The van der Waals surface area contributed by atoms with E-state index in [9.17, 15) is 10.1 Å². The normalized spacial score (nSPS) is 24.2. The summed E-state index contributed by atoms with van der Waals surface area (Å²) in [6.07, 6.45) is 1.06. The predicted molar refractivity (Wildman–Crippen MR) is 68.6 cm³/mol. The van der Waals surface area contributed by atoms with Crippen LogP contribution in [0, 0.1) is 10.1 Å². The predicted octanol–water partition coefficient (Wildman–Crippen LogP) is 3.73. The Hall–Kier alpha value is -0.510. The number of alkyl halides is 3. The highest BCUT2D eigenvalue weighted by atomic mass is 35.6. The minimum absolute atomic E-state index is 0.345. The molecule has 92 valence electrons. The van der Waals surface area contributed by atoms with E-state index in [4.69, 9.17) is 34.8 Å². The standard InChI is InChI=1S/C11H10Cl3NO2/c12-11(13,14)10-8-4-2-1-3-7(8)5-6-9(10)15(16)17/h1-4,9-10H,5-6H2. The third kappa shape index (κ3) is 2.51. The first kappa shape index (κ1) is 12.9. The fraction of sp³-hybridized carbons (Fsp3) is 0.455. The average Bonchev–Trinajstić information content (AvgIpc) is 2.26. The number of nitrogens with zero attached hydrogens (tertiary/aromatic N) is 1. The third-order valence-corrected chi connectivity index (χ3v) is 3.81. The largest absolute Gasteiger partial charge is 0.264 e. The van der Waals surface area contributed by atoms with Crippen LogP contribution in [-0.2, 0) is 6.42 Å². The molecule has 0 amide bonds. The summed E-state index contributed by atoms with van der Waals surface area (Å²) >= 11 is 17.7. The lowest BCUT2D eigenvalue weighted by molar-refractivity contribution is -0.528. The second kappa shape index (κ2) is 4.63. The number of fused-ring (bicyclic) bond motifs is 1. The smallest absolute Gasteiger partial charge is 0.224 e. The van der Waals surface area contributed by atoms with Gasteiger partial charge in [-0.1, -0.05) is 59.1 Å². The van der Waals surface area contributed by atoms with Crippen molar-refractivity contribution in [1.82, 2.24) is 0 Å². The number of hydrogen-bond donors (Lipinski definition) is 0. The minimum atomic E-state index is -1.66. The van der Waals surface area contributed by atoms with Crippen molar-refractivity contribution in [3.8, 4) is 0 Å². The number of halogens is 3. The molecular weight excluding hydrogens is 284 g/mol. The minimum Gasteiger partial charge on any atom is -0.264 e. The van der Waals surface area contributed by atoms with E-state index < -0.39 is 15.8 Å². The first-order valence-corrected chi connectivity index (χ1v) is 6.32. The summed E-state index contributed by atoms with van der Waals surface area (Å²) in [6.45, 7) is 0. The summed E-state index contributed by atoms with van der Waals surface area (Å²) in [5, 5.41) is 11.1. The molecule has 2 unspecified atom stereocenters. The Morgan fingerprint density at radius 1 is 1.29 bits per heavy atom. The fourth-order valence-corrected chi connectivity index (χ4v) is 3.15. The van der Waals surface area contributed by atoms with Crippen molar-refractivity contribution in [3.63, 3.8) is 0 Å². The first-order valence-electron chi connectivity index (χ1n) is 5.19. The third-order valence-electron chi connectivity index (χ3n) is 3.11. The second-order valence-corrected chi connectivity index (χ2v) is 6.48. The summed E-state index contributed by atoms with van der Waals surface area (Å²) in [6, 6.07) is 6.59. The van der Waals surface area contributed by atoms with E-state index in [2.05, 4.69) is 0 Å². The van der Waals surface area contributed by atoms with Crippen LogP contribution >= 0.6 is 34.8 Å². The first-order chi connectivity index (χ1) is 7.91. The van der Waals surface area contributed by atoms with E-state index in [1.807, 2.05) is 18.2 Å². The molecule has 3 nitrogen and oxygen atoms in total. The van der Waals surface area contributed by atoms with E-state index in [1.165, 1.54) is 0 Å². The van der Waals surface area contributed by atoms with Gasteiger partial charge in [0.15, 0.2) is 0 Å². The van der Waals surface area contributed by atoms with Crippen LogP contribution in [0.15, 0.2) is 24.3 Å². The topological polar surface area (TPSA) is 43.1 Å². The molecule has 0 fully saturated rings. The molecule has 6 heteroatoms. The maximum absolute atomic E-state index is 11.1. The van der Waals surface area contributed by atoms with Gasteiger partial charge < -0.3 is 0 Å². The van der Waals surface area contributed by atoms with Gasteiger partial charge >= 0.3 is 0 Å². The molecular formula is C11H10Cl3NO2. The number of benzene rings is 1. The number of rotatable bonds is 1. The maximum Gasteiger partial charge on any atom is 0.224 e. The average molecular weight is 295 g/mol. The van der Waals surface area contributed by atoms with Gasteiger partial charge in [-0.2, -0.15) is 0 Å². The monoisotopic (exact) mass is 293 g/mol. The molecule has 1 aliphatic carbocycles. The fourth-order valence-electron chi connectivity index (χ4n) is 2.36. The van der Waals surface area contributed by atoms with Crippen molar-refractivity contribution in [2.75, 3.05) is 0 Å². The van der Waals surface area contributed by atoms with Crippen LogP contribution in [0.5, 0.6) is 0 Å². The van der Waals surface area contributed by atoms with Crippen LogP contribution in [0.25, 0.3) is 0 Å². The quantitative estimate of drug-likeness (QED) is 0.450. The van der Waals surface area contributed by atoms with Gasteiger partial charge in [-0.05, 0) is 17.5 Å². The lowest BCUT2D eigenvalue weighted by Crippen LogP contribution is -2.39. The molecule has 1 aromatic carbocycles. The molecule has 0 spiro atoms. The highest BCUT2D eigenvalue weighted by Gasteiger charge is 2.48. The Labute approximate surface area is 114 Å². The molecule has 2 atom stereocenters. The zero-order chi connectivity index (χ0) is 12.6. The van der Waals surface area contributed by atoms with Crippen molar-refractivity contribution in [3.05, 3.63) is 45.5 Å². The van der Waals surface area contributed by atoms with Gasteiger partial charge in [0, 0.05) is 11.3 Å². The Morgan fingerprint density at radius 3 is 2.53 bits per heavy atom. The highest BCUT2D eigenvalue weighted by Crippen LogP contribution is 2.48. The molecule has 0 aliphatic heterocycles.